The molecule has 0 aromatic rings. The second-order valence-corrected chi connectivity index (χ2v) is 25.6. The van der Waals surface area contributed by atoms with Gasteiger partial charge in [-0.05, 0) is 12.8 Å². The van der Waals surface area contributed by atoms with Gasteiger partial charge in [-0.2, -0.15) is 0 Å². The van der Waals surface area contributed by atoms with Crippen molar-refractivity contribution in [1.82, 2.24) is 0 Å². The van der Waals surface area contributed by atoms with E-state index >= 15 is 0 Å². The van der Waals surface area contributed by atoms with Crippen LogP contribution in [0.5, 0.6) is 0 Å². The van der Waals surface area contributed by atoms with E-state index in [1.54, 1.807) is 0 Å². The van der Waals surface area contributed by atoms with Crippen molar-refractivity contribution < 1.29 is 42.1 Å². The van der Waals surface area contributed by atoms with Gasteiger partial charge < -0.3 is 27.9 Å². The zero-order valence-electron chi connectivity index (χ0n) is 51.0. The van der Waals surface area contributed by atoms with Crippen molar-refractivity contribution in [3.63, 3.8) is 0 Å². The standard InChI is InChI=1S/C65H130NO8P/c1-6-8-10-12-14-16-18-20-22-24-26-28-29-30-31-32-33-34-35-36-38-40-42-44-46-48-50-52-54-56-58-65(68)74-63(62-73-75(69,70)72-60-59-66(3,4)5)61-71-64(67)57-55-53-51-49-47-45-43-41-39-37-27-25-23-21-19-17-15-13-11-9-7-2/h63H,6-62H2,1-5H3. The van der Waals surface area contributed by atoms with Crippen molar-refractivity contribution in [2.45, 2.75) is 360 Å². The fourth-order valence-electron chi connectivity index (χ4n) is 10.3. The van der Waals surface area contributed by atoms with Gasteiger partial charge in [0.25, 0.3) is 7.82 Å². The molecular weight excluding hydrogens is 954 g/mol. The maximum absolute atomic E-state index is 12.8. The van der Waals surface area contributed by atoms with Gasteiger partial charge >= 0.3 is 11.9 Å². The first-order valence-electron chi connectivity index (χ1n) is 33.2. The zero-order chi connectivity index (χ0) is 54.9. The molecule has 0 aliphatic carbocycles. The van der Waals surface area contributed by atoms with Gasteiger partial charge in [0, 0.05) is 12.8 Å². The van der Waals surface area contributed by atoms with E-state index in [-0.39, 0.29) is 32.0 Å². The summed E-state index contributed by atoms with van der Waals surface area (Å²) in [6, 6.07) is 0. The predicted molar refractivity (Wildman–Crippen MR) is 319 cm³/mol. The largest absolute Gasteiger partial charge is 0.756 e. The van der Waals surface area contributed by atoms with Crippen LogP contribution in [0.25, 0.3) is 0 Å². The first-order chi connectivity index (χ1) is 36.5. The third-order valence-corrected chi connectivity index (χ3v) is 16.3. The molecule has 0 spiro atoms. The summed E-state index contributed by atoms with van der Waals surface area (Å²) in [5.74, 6) is -0.805. The number of unbranched alkanes of at least 4 members (excludes halogenated alkanes) is 49. The molecule has 9 nitrogen and oxygen atoms in total. The van der Waals surface area contributed by atoms with Crippen molar-refractivity contribution in [2.24, 2.45) is 0 Å². The van der Waals surface area contributed by atoms with E-state index in [1.165, 1.54) is 289 Å². The van der Waals surface area contributed by atoms with E-state index in [1.807, 2.05) is 21.1 Å². The second-order valence-electron chi connectivity index (χ2n) is 24.2. The Labute approximate surface area is 467 Å². The van der Waals surface area contributed by atoms with Crippen LogP contribution in [0, 0.1) is 0 Å². The number of phosphoric acid groups is 1. The van der Waals surface area contributed by atoms with Crippen molar-refractivity contribution in [1.29, 1.82) is 0 Å². The van der Waals surface area contributed by atoms with Gasteiger partial charge in [0.05, 0.1) is 27.7 Å². The van der Waals surface area contributed by atoms with Crippen LogP contribution in [0.4, 0.5) is 0 Å². The first kappa shape index (κ1) is 74.0. The van der Waals surface area contributed by atoms with Gasteiger partial charge in [0.2, 0.25) is 0 Å². The summed E-state index contributed by atoms with van der Waals surface area (Å²) in [5, 5.41) is 0. The molecule has 2 atom stereocenters. The van der Waals surface area contributed by atoms with Crippen molar-refractivity contribution in [3.8, 4) is 0 Å². The summed E-state index contributed by atoms with van der Waals surface area (Å²) < 4.78 is 34.3. The summed E-state index contributed by atoms with van der Waals surface area (Å²) in [6.07, 6.45) is 67.5. The lowest BCUT2D eigenvalue weighted by molar-refractivity contribution is -0.870. The topological polar surface area (TPSA) is 111 Å². The van der Waals surface area contributed by atoms with Gasteiger partial charge in [-0.3, -0.25) is 14.2 Å². The quantitative estimate of drug-likeness (QED) is 0.0256. The normalized spacial score (nSPS) is 13.1. The van der Waals surface area contributed by atoms with Gasteiger partial charge in [-0.1, -0.05) is 328 Å². The molecule has 0 fully saturated rings. The lowest BCUT2D eigenvalue weighted by atomic mass is 10.0. The lowest BCUT2D eigenvalue weighted by Crippen LogP contribution is -2.37. The van der Waals surface area contributed by atoms with Crippen LogP contribution in [0.3, 0.4) is 0 Å². The van der Waals surface area contributed by atoms with Crippen LogP contribution in [0.2, 0.25) is 0 Å². The van der Waals surface area contributed by atoms with Crippen molar-refractivity contribution >= 4 is 19.8 Å². The third-order valence-electron chi connectivity index (χ3n) is 15.4. The average molecular weight is 1080 g/mol. The minimum absolute atomic E-state index is 0.0249. The number of carbonyl (C=O) groups is 2. The van der Waals surface area contributed by atoms with Crippen LogP contribution in [-0.2, 0) is 32.7 Å². The molecule has 10 heteroatoms. The van der Waals surface area contributed by atoms with Gasteiger partial charge in [-0.15, -0.1) is 0 Å². The number of rotatable bonds is 63. The SMILES string of the molecule is CCCCCCCCCCCCCCCCCCCCCCCCCCCCCCCCC(=O)OC(COC(=O)CCCCCCCCCCCCCCCCCCCCCCC)COP(=O)([O-])OCC[N+](C)(C)C. The number of quaternary nitrogens is 1. The van der Waals surface area contributed by atoms with Crippen molar-refractivity contribution in [2.75, 3.05) is 47.5 Å². The highest BCUT2D eigenvalue weighted by Gasteiger charge is 2.22. The van der Waals surface area contributed by atoms with E-state index in [2.05, 4.69) is 13.8 Å². The number of likely N-dealkylation sites (N-methyl/N-ethyl adjacent to an activating group) is 1. The molecule has 0 saturated carbocycles. The minimum atomic E-state index is -4.63. The number of esters is 2. The van der Waals surface area contributed by atoms with Crippen LogP contribution in [0.15, 0.2) is 0 Å². The molecule has 0 aromatic carbocycles. The number of ether oxygens (including phenoxy) is 2. The molecule has 0 heterocycles. The van der Waals surface area contributed by atoms with Gasteiger partial charge in [-0.25, -0.2) is 0 Å². The van der Waals surface area contributed by atoms with Crippen LogP contribution >= 0.6 is 7.82 Å². The Morgan fingerprint density at radius 2 is 0.600 bits per heavy atom. The number of hydrogen-bond donors (Lipinski definition) is 0. The van der Waals surface area contributed by atoms with E-state index in [0.29, 0.717) is 17.4 Å². The highest BCUT2D eigenvalue weighted by Crippen LogP contribution is 2.38. The molecule has 0 aromatic heterocycles. The fraction of sp³-hybridized carbons (Fsp3) is 0.969. The molecule has 0 N–H and O–H groups in total. The fourth-order valence-corrected chi connectivity index (χ4v) is 11.0. The molecule has 0 aliphatic heterocycles. The molecular formula is C65H130NO8P. The lowest BCUT2D eigenvalue weighted by Gasteiger charge is -2.28. The van der Waals surface area contributed by atoms with E-state index in [4.69, 9.17) is 18.5 Å². The predicted octanol–water partition coefficient (Wildman–Crippen LogP) is 20.4. The molecule has 448 valence electrons. The molecule has 0 amide bonds. The Kier molecular flexibility index (Phi) is 56.9. The minimum Gasteiger partial charge on any atom is -0.756 e. The molecule has 0 aliphatic rings. The van der Waals surface area contributed by atoms with E-state index in [0.717, 1.165) is 32.1 Å². The zero-order valence-corrected chi connectivity index (χ0v) is 51.9. The molecule has 2 unspecified atom stereocenters. The summed E-state index contributed by atoms with van der Waals surface area (Å²) in [7, 11) is 1.19. The van der Waals surface area contributed by atoms with Crippen LogP contribution in [0.1, 0.15) is 354 Å². The highest BCUT2D eigenvalue weighted by atomic mass is 31.2. The van der Waals surface area contributed by atoms with Crippen LogP contribution < -0.4 is 4.89 Å². The Morgan fingerprint density at radius 1 is 0.360 bits per heavy atom. The van der Waals surface area contributed by atoms with Gasteiger partial charge in [0.1, 0.15) is 19.8 Å². The molecule has 75 heavy (non-hydrogen) atoms. The summed E-state index contributed by atoms with van der Waals surface area (Å²) in [4.78, 5) is 38.0. The molecule has 0 radical (unpaired) electrons. The Morgan fingerprint density at radius 3 is 0.853 bits per heavy atom. The molecule has 0 bridgehead atoms. The number of hydrogen-bond acceptors (Lipinski definition) is 8. The Hall–Kier alpha value is -0.990. The maximum atomic E-state index is 12.8. The monoisotopic (exact) mass is 1080 g/mol. The van der Waals surface area contributed by atoms with Gasteiger partial charge in [0.15, 0.2) is 6.10 Å². The van der Waals surface area contributed by atoms with E-state index < -0.39 is 26.5 Å². The summed E-state index contributed by atoms with van der Waals surface area (Å²) in [6.45, 7) is 4.33. The third kappa shape index (κ3) is 62.1. The molecule has 0 rings (SSSR count). The van der Waals surface area contributed by atoms with E-state index in [9.17, 15) is 19.0 Å². The number of nitrogens with zero attached hydrogens (tertiary/aromatic N) is 1. The van der Waals surface area contributed by atoms with Crippen molar-refractivity contribution in [3.05, 3.63) is 0 Å². The Balaban J connectivity index is 3.99. The number of phosphoric ester groups is 1. The second kappa shape index (κ2) is 57.7. The van der Waals surface area contributed by atoms with Crippen LogP contribution in [-0.4, -0.2) is 70.0 Å². The summed E-state index contributed by atoms with van der Waals surface area (Å²) in [5.41, 5.74) is 0. The average Bonchev–Trinajstić information content (AvgIpc) is 3.37. The smallest absolute Gasteiger partial charge is 0.306 e. The highest BCUT2D eigenvalue weighted by molar-refractivity contribution is 7.45. The number of carbonyl (C=O) groups excluding carboxylic acids is 2. The first-order valence-corrected chi connectivity index (χ1v) is 34.7. The molecule has 0 saturated heterocycles. The maximum Gasteiger partial charge on any atom is 0.306 e. The summed E-state index contributed by atoms with van der Waals surface area (Å²) >= 11 is 0. The Bertz CT molecular complexity index is 1230.